The molecule has 288 valence electrons. The molecule has 8 rings (SSSR count). The summed E-state index contributed by atoms with van der Waals surface area (Å²) in [5, 5.41) is 5.23. The third-order valence-corrected chi connectivity index (χ3v) is 30.0. The third kappa shape index (κ3) is 9.71. The number of aryl methyl sites for hydroxylation is 4. The number of furan rings is 2. The van der Waals surface area contributed by atoms with Crippen LogP contribution < -0.4 is 0 Å². The zero-order valence-electron chi connectivity index (χ0n) is 33.9. The fraction of sp³-hybridized carbons (Fsp3) is 0.240. The third-order valence-electron chi connectivity index (χ3n) is 10.2. The summed E-state index contributed by atoms with van der Waals surface area (Å²) in [6.07, 6.45) is 4.51. The van der Waals surface area contributed by atoms with Crippen LogP contribution in [0.5, 0.6) is 0 Å². The molecule has 0 saturated carbocycles. The average Bonchev–Trinajstić information content (AvgIpc) is 4.00. The second kappa shape index (κ2) is 19.2. The molecule has 2 aromatic heterocycles. The minimum atomic E-state index is -1.65. The first-order valence-electron chi connectivity index (χ1n) is 19.7. The molecule has 8 aromatic rings. The Kier molecular flexibility index (Phi) is 14.4. The molecule has 6 heteroatoms. The molecule has 0 radical (unpaired) electrons. The average molecular weight is 875 g/mol. The molecular weight excluding hydrogens is 823 g/mol. The number of hydrogen-bond donors (Lipinski definition) is 0. The van der Waals surface area contributed by atoms with Crippen LogP contribution in [0.4, 0.5) is 0 Å². The predicted octanol–water partition coefficient (Wildman–Crippen LogP) is 16.3. The summed E-state index contributed by atoms with van der Waals surface area (Å²) in [5.41, 5.74) is 13.1. The zero-order chi connectivity index (χ0) is 39.9. The maximum atomic E-state index is 5.85. The van der Waals surface area contributed by atoms with E-state index in [1.807, 2.05) is 26.0 Å². The van der Waals surface area contributed by atoms with E-state index in [4.69, 9.17) is 25.9 Å². The van der Waals surface area contributed by atoms with Crippen molar-refractivity contribution in [2.75, 3.05) is 0 Å². The molecular formula is C50H52Cl2O2SiZr-2. The van der Waals surface area contributed by atoms with Gasteiger partial charge in [0, 0.05) is 0 Å². The zero-order valence-corrected chi connectivity index (χ0v) is 38.9. The standard InChI is InChI=1S/2C24H23O.C2H6Si.2ClH.Zr/c2*1-4-8-21-16(2)13-19-14-20(23-12-11-17(3)25-23)15-22(19)24(21)18-9-6-5-7-10-18;1-3-2;;;/h2*5-7,9-15H,4,8H2,1-3H3;1-2H3;2*1H;/q2*-1;;;;+2/p-2. The number of fused-ring (bicyclic) bond motifs is 2. The van der Waals surface area contributed by atoms with Gasteiger partial charge in [-0.05, 0) is 87.1 Å². The Bertz CT molecular complexity index is 2400. The molecule has 0 atom stereocenters. The fourth-order valence-electron chi connectivity index (χ4n) is 7.56. The molecule has 0 spiro atoms. The van der Waals surface area contributed by atoms with E-state index < -0.39 is 18.0 Å². The monoisotopic (exact) mass is 872 g/mol. The number of halogens is 2. The van der Waals surface area contributed by atoms with Crippen LogP contribution in [0.3, 0.4) is 0 Å². The van der Waals surface area contributed by atoms with Crippen molar-refractivity contribution >= 4 is 44.0 Å². The van der Waals surface area contributed by atoms with Gasteiger partial charge in [-0.15, -0.1) is 57.9 Å². The van der Waals surface area contributed by atoms with Crippen molar-refractivity contribution < 1.29 is 26.8 Å². The van der Waals surface area contributed by atoms with Crippen molar-refractivity contribution in [3.63, 3.8) is 0 Å². The Morgan fingerprint density at radius 2 is 0.929 bits per heavy atom. The first kappa shape index (κ1) is 42.0. The van der Waals surface area contributed by atoms with Gasteiger partial charge in [-0.25, -0.2) is 0 Å². The fourth-order valence-corrected chi connectivity index (χ4v) is 7.56. The summed E-state index contributed by atoms with van der Waals surface area (Å²) >= 11 is -1.65. The van der Waals surface area contributed by atoms with Crippen LogP contribution in [-0.2, 0) is 30.8 Å². The molecule has 56 heavy (non-hydrogen) atoms. The van der Waals surface area contributed by atoms with Crippen LogP contribution >= 0.6 is 17.0 Å². The Hall–Kier alpha value is -3.66. The van der Waals surface area contributed by atoms with Gasteiger partial charge in [-0.3, -0.25) is 0 Å². The van der Waals surface area contributed by atoms with E-state index in [1.54, 1.807) is 0 Å². The van der Waals surface area contributed by atoms with Crippen LogP contribution in [-0.4, -0.2) is 5.43 Å². The summed E-state index contributed by atoms with van der Waals surface area (Å²) in [7, 11) is 11.2. The Balaban J connectivity index is 0.000000166. The Morgan fingerprint density at radius 3 is 1.23 bits per heavy atom. The second-order valence-corrected chi connectivity index (χ2v) is 37.9. The molecule has 0 unspecified atom stereocenters. The predicted molar refractivity (Wildman–Crippen MR) is 241 cm³/mol. The summed E-state index contributed by atoms with van der Waals surface area (Å²) in [6.45, 7) is 17.3. The number of rotatable bonds is 8. The van der Waals surface area contributed by atoms with Gasteiger partial charge in [-0.1, -0.05) is 121 Å². The molecule has 0 saturated heterocycles. The topological polar surface area (TPSA) is 26.3 Å². The van der Waals surface area contributed by atoms with E-state index in [1.165, 1.54) is 66.1 Å². The van der Waals surface area contributed by atoms with Gasteiger partial charge < -0.3 is 8.83 Å². The summed E-state index contributed by atoms with van der Waals surface area (Å²) < 4.78 is 11.7. The molecule has 2 heterocycles. The van der Waals surface area contributed by atoms with Crippen LogP contribution in [0.25, 0.3) is 66.4 Å². The van der Waals surface area contributed by atoms with Crippen LogP contribution in [0.1, 0.15) is 60.5 Å². The van der Waals surface area contributed by atoms with Gasteiger partial charge in [-0.2, -0.15) is 0 Å². The van der Waals surface area contributed by atoms with E-state index >= 15 is 0 Å². The number of benzene rings is 4. The summed E-state index contributed by atoms with van der Waals surface area (Å²) in [5.74, 6) is 3.79. The van der Waals surface area contributed by atoms with Crippen LogP contribution in [0, 0.1) is 27.7 Å². The van der Waals surface area contributed by atoms with E-state index in [2.05, 4.69) is 150 Å². The normalized spacial score (nSPS) is 11.0. The van der Waals surface area contributed by atoms with Crippen molar-refractivity contribution in [3.8, 4) is 44.9 Å². The molecule has 0 bridgehead atoms. The van der Waals surface area contributed by atoms with Gasteiger partial charge in [0.15, 0.2) is 0 Å². The molecule has 0 aliphatic carbocycles. The Morgan fingerprint density at radius 1 is 0.554 bits per heavy atom. The first-order valence-corrected chi connectivity index (χ1v) is 32.2. The van der Waals surface area contributed by atoms with Crippen molar-refractivity contribution in [2.45, 2.75) is 80.3 Å². The molecule has 0 amide bonds. The van der Waals surface area contributed by atoms with E-state index in [-0.39, 0.29) is 5.43 Å². The second-order valence-electron chi connectivity index (χ2n) is 14.9. The van der Waals surface area contributed by atoms with E-state index in [0.29, 0.717) is 0 Å². The van der Waals surface area contributed by atoms with E-state index in [0.717, 1.165) is 59.9 Å². The van der Waals surface area contributed by atoms with Crippen molar-refractivity contribution in [2.24, 2.45) is 0 Å². The summed E-state index contributed by atoms with van der Waals surface area (Å²) in [4.78, 5) is 0. The van der Waals surface area contributed by atoms with E-state index in [9.17, 15) is 0 Å². The quantitative estimate of drug-likeness (QED) is 0.112. The van der Waals surface area contributed by atoms with Gasteiger partial charge in [0.2, 0.25) is 0 Å². The van der Waals surface area contributed by atoms with Gasteiger partial charge >= 0.3 is 53.5 Å². The molecule has 6 aromatic carbocycles. The molecule has 0 fully saturated rings. The van der Waals surface area contributed by atoms with Gasteiger partial charge in [0.1, 0.15) is 0 Å². The van der Waals surface area contributed by atoms with Crippen LogP contribution in [0.2, 0.25) is 13.1 Å². The maximum absolute atomic E-state index is 5.85. The van der Waals surface area contributed by atoms with Crippen molar-refractivity contribution in [3.05, 3.63) is 155 Å². The molecule has 0 aliphatic rings. The van der Waals surface area contributed by atoms with Crippen molar-refractivity contribution in [1.82, 2.24) is 0 Å². The van der Waals surface area contributed by atoms with Crippen molar-refractivity contribution in [1.29, 1.82) is 0 Å². The minimum absolute atomic E-state index is 0.224. The first-order chi connectivity index (χ1) is 27.0. The van der Waals surface area contributed by atoms with Crippen LogP contribution in [0.15, 0.2) is 130 Å². The molecule has 2 nitrogen and oxygen atoms in total. The van der Waals surface area contributed by atoms with Gasteiger partial charge in [0.05, 0.1) is 23.0 Å². The molecule has 0 aliphatic heterocycles. The van der Waals surface area contributed by atoms with Gasteiger partial charge in [0.25, 0.3) is 0 Å². The Labute approximate surface area is 348 Å². The summed E-state index contributed by atoms with van der Waals surface area (Å²) in [6, 6.07) is 43.4. The molecule has 0 N–H and O–H groups in total. The number of hydrogen-bond acceptors (Lipinski definition) is 2. The SMILES string of the molecule is CCCc1c(C)cc2[cH-]c(-c3ccc(C)o3)cc2c1-c1ccccc1.CCCc1c(C)cc2[cH-]c(-c3ccc(C)o3)cc2c1-c1ccccc1.C[Si](C)=[Zr]([Cl])[Cl].